The number of hydrogen-bond donors (Lipinski definition) is 0. The third-order valence-corrected chi connectivity index (χ3v) is 10.0. The van der Waals surface area contributed by atoms with Crippen molar-refractivity contribution >= 4 is 17.5 Å². The van der Waals surface area contributed by atoms with Crippen LogP contribution in [0.25, 0.3) is 0 Å². The Morgan fingerprint density at radius 3 is 2.39 bits per heavy atom. The molecule has 0 aromatic heterocycles. The number of allylic oxidation sites excluding steroid dienone is 4. The van der Waals surface area contributed by atoms with Crippen molar-refractivity contribution in [3.63, 3.8) is 0 Å². The number of hydrogen-bond acceptors (Lipinski definition) is 7. The Hall–Kier alpha value is -3.63. The van der Waals surface area contributed by atoms with Crippen LogP contribution < -0.4 is 14.2 Å². The summed E-state index contributed by atoms with van der Waals surface area (Å²) in [4.78, 5) is 41.7. The van der Waals surface area contributed by atoms with Crippen LogP contribution in [0.4, 0.5) is 0 Å². The van der Waals surface area contributed by atoms with Gasteiger partial charge in [0.2, 0.25) is 0 Å². The molecule has 2 heterocycles. The van der Waals surface area contributed by atoms with Crippen LogP contribution in [-0.4, -0.2) is 39.9 Å². The minimum atomic E-state index is -1.41. The van der Waals surface area contributed by atoms with Crippen molar-refractivity contribution in [2.24, 2.45) is 17.8 Å². The summed E-state index contributed by atoms with van der Waals surface area (Å²) in [6.45, 7) is 19.3. The van der Waals surface area contributed by atoms with E-state index in [1.165, 1.54) is 6.92 Å². The maximum atomic E-state index is 14.9. The number of fused-ring (bicyclic) bond motifs is 1. The number of ketones is 2. The second-order valence-corrected chi connectivity index (χ2v) is 15.1. The zero-order chi connectivity index (χ0) is 34.0. The van der Waals surface area contributed by atoms with Gasteiger partial charge in [-0.3, -0.25) is 14.4 Å². The Bertz CT molecular complexity index is 1620. The molecule has 46 heavy (non-hydrogen) atoms. The van der Waals surface area contributed by atoms with Crippen molar-refractivity contribution in [1.29, 1.82) is 0 Å². The summed E-state index contributed by atoms with van der Waals surface area (Å²) in [6.07, 6.45) is 14.4. The molecule has 2 aliphatic heterocycles. The molecule has 4 bridgehead atoms. The SMILES string of the molecule is C#CC(C)(CCC(C)C)Oc1cc(OC(C)=O)c2c(c1CC=C(C)C)O[C@]13C(=C[C@@H]4C[C@H]1C(C)(C)O[C@@]3(CC=C(C)C)C4=O)C2=O. The summed E-state index contributed by atoms with van der Waals surface area (Å²) >= 11 is 0. The first kappa shape index (κ1) is 33.7. The smallest absolute Gasteiger partial charge is 0.308 e. The summed E-state index contributed by atoms with van der Waals surface area (Å²) in [5.74, 6) is 2.15. The van der Waals surface area contributed by atoms with E-state index < -0.39 is 34.3 Å². The van der Waals surface area contributed by atoms with Crippen molar-refractivity contribution in [2.45, 2.75) is 124 Å². The zero-order valence-corrected chi connectivity index (χ0v) is 29.0. The lowest BCUT2D eigenvalue weighted by Gasteiger charge is -2.56. The lowest BCUT2D eigenvalue weighted by molar-refractivity contribution is -0.171. The summed E-state index contributed by atoms with van der Waals surface area (Å²) in [5, 5.41) is 0. The van der Waals surface area contributed by atoms with Gasteiger partial charge in [-0.2, -0.15) is 0 Å². The van der Waals surface area contributed by atoms with E-state index in [9.17, 15) is 14.4 Å². The second kappa shape index (κ2) is 11.6. The highest BCUT2D eigenvalue weighted by atomic mass is 16.6. The molecule has 7 nitrogen and oxygen atoms in total. The summed E-state index contributed by atoms with van der Waals surface area (Å²) < 4.78 is 26.5. The van der Waals surface area contributed by atoms with E-state index in [0.29, 0.717) is 42.1 Å². The fourth-order valence-electron chi connectivity index (χ4n) is 7.74. The maximum absolute atomic E-state index is 14.9. The normalized spacial score (nSPS) is 27.8. The molecule has 5 atom stereocenters. The molecular weight excluding hydrogens is 580 g/mol. The quantitative estimate of drug-likeness (QED) is 0.114. The van der Waals surface area contributed by atoms with Crippen LogP contribution in [0.2, 0.25) is 0 Å². The maximum Gasteiger partial charge on any atom is 0.308 e. The number of terminal acetylenes is 1. The molecule has 1 unspecified atom stereocenters. The standard InChI is InChI=1S/C39H48O7/c1-12-37(11,17-15-23(4)5)44-29-21-30(43-25(8)40)32-33(41)28-19-26-20-31-36(9,10)46-38(35(26)42,18-16-24(6)7)39(28,31)45-34(32)27(29)14-13-22(2)3/h1,13,16,19,21,23,26,31H,14-15,17-18,20H2,2-11H3/t26-,31+,37?,38+,39-/m1/s1. The number of Topliss-reactive ketones (excluding diaryl/α,β-unsaturated/α-hetero) is 2. The molecule has 6 rings (SSSR count). The fraction of sp³-hybridized carbons (Fsp3) is 0.564. The van der Waals surface area contributed by atoms with Crippen molar-refractivity contribution < 1.29 is 33.3 Å². The molecule has 1 aromatic carbocycles. The van der Waals surface area contributed by atoms with Crippen LogP contribution in [0.1, 0.15) is 111 Å². The molecule has 1 spiro atoms. The van der Waals surface area contributed by atoms with Crippen LogP contribution in [0.5, 0.6) is 17.2 Å². The van der Waals surface area contributed by atoms with Crippen LogP contribution in [0, 0.1) is 30.1 Å². The molecule has 0 N–H and O–H groups in total. The van der Waals surface area contributed by atoms with Crippen molar-refractivity contribution in [1.82, 2.24) is 0 Å². The van der Waals surface area contributed by atoms with Gasteiger partial charge in [0.05, 0.1) is 5.60 Å². The Morgan fingerprint density at radius 2 is 1.80 bits per heavy atom. The minimum Gasteiger partial charge on any atom is -0.477 e. The highest BCUT2D eigenvalue weighted by Gasteiger charge is 2.81. The van der Waals surface area contributed by atoms with Crippen LogP contribution >= 0.6 is 0 Å². The monoisotopic (exact) mass is 628 g/mol. The average Bonchev–Trinajstić information content (AvgIpc) is 3.11. The van der Waals surface area contributed by atoms with Gasteiger partial charge in [-0.15, -0.1) is 6.42 Å². The summed E-state index contributed by atoms with van der Waals surface area (Å²) in [6, 6.07) is 1.60. The van der Waals surface area contributed by atoms with Gasteiger partial charge in [-0.05, 0) is 80.1 Å². The molecule has 246 valence electrons. The lowest BCUT2D eigenvalue weighted by Crippen LogP contribution is -2.72. The number of carbonyl (C=O) groups is 3. The van der Waals surface area contributed by atoms with Crippen LogP contribution in [-0.2, 0) is 20.7 Å². The van der Waals surface area contributed by atoms with E-state index in [1.807, 2.05) is 60.6 Å². The fourth-order valence-corrected chi connectivity index (χ4v) is 7.74. The highest BCUT2D eigenvalue weighted by Crippen LogP contribution is 2.68. The van der Waals surface area contributed by atoms with Crippen molar-refractivity contribution in [3.05, 3.63) is 52.1 Å². The molecule has 0 amide bonds. The summed E-state index contributed by atoms with van der Waals surface area (Å²) in [5.41, 5.74) is -1.29. The van der Waals surface area contributed by atoms with Gasteiger partial charge in [0.25, 0.3) is 0 Å². The third kappa shape index (κ3) is 5.23. The van der Waals surface area contributed by atoms with E-state index in [2.05, 4.69) is 19.8 Å². The Balaban J connectivity index is 1.82. The molecule has 5 aliphatic rings. The first-order chi connectivity index (χ1) is 21.4. The zero-order valence-electron chi connectivity index (χ0n) is 29.0. The Kier molecular flexibility index (Phi) is 8.48. The molecule has 0 radical (unpaired) electrons. The summed E-state index contributed by atoms with van der Waals surface area (Å²) in [7, 11) is 0. The Morgan fingerprint density at radius 1 is 1.13 bits per heavy atom. The van der Waals surface area contributed by atoms with E-state index in [1.54, 1.807) is 12.1 Å². The van der Waals surface area contributed by atoms with E-state index in [-0.39, 0.29) is 41.0 Å². The number of rotatable bonds is 10. The number of benzene rings is 1. The van der Waals surface area contributed by atoms with Crippen molar-refractivity contribution in [3.8, 4) is 29.6 Å². The largest absolute Gasteiger partial charge is 0.477 e. The number of esters is 1. The highest BCUT2D eigenvalue weighted by molar-refractivity contribution is 6.18. The predicted octanol–water partition coefficient (Wildman–Crippen LogP) is 7.69. The topological polar surface area (TPSA) is 88.1 Å². The minimum absolute atomic E-state index is 0.0427. The Labute approximate surface area is 273 Å². The lowest BCUT2D eigenvalue weighted by atomic mass is 9.51. The van der Waals surface area contributed by atoms with Gasteiger partial charge in [-0.25, -0.2) is 0 Å². The molecular formula is C39H48O7. The third-order valence-electron chi connectivity index (χ3n) is 10.0. The number of carbonyl (C=O) groups excluding carboxylic acids is 3. The molecule has 2 fully saturated rings. The van der Waals surface area contributed by atoms with E-state index in [4.69, 9.17) is 25.4 Å². The van der Waals surface area contributed by atoms with Gasteiger partial charge < -0.3 is 18.9 Å². The molecule has 3 aliphatic carbocycles. The van der Waals surface area contributed by atoms with Gasteiger partial charge in [0.1, 0.15) is 22.8 Å². The van der Waals surface area contributed by atoms with E-state index in [0.717, 1.165) is 17.6 Å². The van der Waals surface area contributed by atoms with Gasteiger partial charge in [-0.1, -0.05) is 49.1 Å². The van der Waals surface area contributed by atoms with Gasteiger partial charge >= 0.3 is 5.97 Å². The molecule has 1 saturated heterocycles. The van der Waals surface area contributed by atoms with Gasteiger partial charge in [0.15, 0.2) is 28.4 Å². The molecule has 1 aromatic rings. The number of ether oxygens (including phenoxy) is 4. The second-order valence-electron chi connectivity index (χ2n) is 15.1. The van der Waals surface area contributed by atoms with Crippen molar-refractivity contribution in [2.75, 3.05) is 0 Å². The van der Waals surface area contributed by atoms with Crippen LogP contribution in [0.3, 0.4) is 0 Å². The van der Waals surface area contributed by atoms with E-state index >= 15 is 0 Å². The first-order valence-corrected chi connectivity index (χ1v) is 16.4. The predicted molar refractivity (Wildman–Crippen MR) is 177 cm³/mol. The molecule has 7 heteroatoms. The average molecular weight is 629 g/mol. The molecule has 1 saturated carbocycles. The van der Waals surface area contributed by atoms with Gasteiger partial charge in [0, 0.05) is 42.4 Å². The van der Waals surface area contributed by atoms with Crippen LogP contribution in [0.15, 0.2) is 41.0 Å². The first-order valence-electron chi connectivity index (χ1n) is 16.4.